The first-order valence-corrected chi connectivity index (χ1v) is 9.65. The van der Waals surface area contributed by atoms with Gasteiger partial charge >= 0.3 is 0 Å². The maximum absolute atomic E-state index is 13.0. The van der Waals surface area contributed by atoms with Crippen molar-refractivity contribution >= 4 is 50.1 Å². The molecular weight excluding hydrogens is 415 g/mol. The lowest BCUT2D eigenvalue weighted by Crippen LogP contribution is -2.13. The van der Waals surface area contributed by atoms with Crippen molar-refractivity contribution in [3.05, 3.63) is 52.1 Å². The Hall–Kier alpha value is -1.71. The van der Waals surface area contributed by atoms with Crippen molar-refractivity contribution in [1.82, 2.24) is 14.8 Å². The van der Waals surface area contributed by atoms with Crippen molar-refractivity contribution in [3.8, 4) is 5.69 Å². The van der Waals surface area contributed by atoms with Crippen LogP contribution in [0.3, 0.4) is 0 Å². The topological polar surface area (TPSA) is 59.8 Å². The first-order valence-electron chi connectivity index (χ1n) is 6.82. The van der Waals surface area contributed by atoms with Crippen molar-refractivity contribution in [2.24, 2.45) is 0 Å². The van der Waals surface area contributed by atoms with Crippen LogP contribution < -0.4 is 5.32 Å². The fourth-order valence-corrected chi connectivity index (χ4v) is 4.07. The van der Waals surface area contributed by atoms with Crippen LogP contribution in [0.15, 0.2) is 39.1 Å². The highest BCUT2D eigenvalue weighted by molar-refractivity contribution is 9.10. The molecule has 0 atom stereocenters. The molecule has 0 saturated heterocycles. The van der Waals surface area contributed by atoms with E-state index in [1.165, 1.54) is 28.2 Å². The Labute approximate surface area is 154 Å². The summed E-state index contributed by atoms with van der Waals surface area (Å²) in [6.45, 7) is 1.90. The number of thiazole rings is 1. The molecule has 3 rings (SSSR count). The summed E-state index contributed by atoms with van der Waals surface area (Å²) in [7, 11) is 0. The molecule has 1 aromatic carbocycles. The zero-order chi connectivity index (χ0) is 17.3. The number of anilines is 1. The maximum atomic E-state index is 13.0. The van der Waals surface area contributed by atoms with E-state index < -0.39 is 0 Å². The normalized spacial score (nSPS) is 10.8. The second kappa shape index (κ2) is 7.04. The quantitative estimate of drug-likeness (QED) is 0.623. The van der Waals surface area contributed by atoms with Gasteiger partial charge in [-0.05, 0) is 53.4 Å². The van der Waals surface area contributed by atoms with Crippen LogP contribution in [-0.4, -0.2) is 26.9 Å². The van der Waals surface area contributed by atoms with Crippen LogP contribution in [0.5, 0.6) is 0 Å². The summed E-state index contributed by atoms with van der Waals surface area (Å²) >= 11 is 6.35. The minimum absolute atomic E-state index is 0.234. The Bertz CT molecular complexity index is 892. The second-order valence-electron chi connectivity index (χ2n) is 4.80. The molecule has 0 radical (unpaired) electrons. The number of hydrogen-bond donors (Lipinski definition) is 1. The summed E-state index contributed by atoms with van der Waals surface area (Å²) in [5.41, 5.74) is 1.78. The van der Waals surface area contributed by atoms with E-state index >= 15 is 0 Å². The van der Waals surface area contributed by atoms with Gasteiger partial charge in [0.15, 0.2) is 10.8 Å². The van der Waals surface area contributed by atoms with Gasteiger partial charge in [0.25, 0.3) is 5.91 Å². The number of halogens is 2. The lowest BCUT2D eigenvalue weighted by Gasteiger charge is -2.01. The number of hydrogen-bond acceptors (Lipinski definition) is 5. The predicted octanol–water partition coefficient (Wildman–Crippen LogP) is 4.51. The van der Waals surface area contributed by atoms with Gasteiger partial charge in [-0.1, -0.05) is 11.3 Å². The van der Waals surface area contributed by atoms with E-state index in [0.29, 0.717) is 15.3 Å². The van der Waals surface area contributed by atoms with Crippen LogP contribution in [0, 0.1) is 12.7 Å². The van der Waals surface area contributed by atoms with Gasteiger partial charge in [0.2, 0.25) is 0 Å². The highest BCUT2D eigenvalue weighted by Gasteiger charge is 2.18. The molecule has 3 aromatic rings. The van der Waals surface area contributed by atoms with E-state index in [4.69, 9.17) is 0 Å². The van der Waals surface area contributed by atoms with Gasteiger partial charge in [0.05, 0.1) is 20.1 Å². The largest absolute Gasteiger partial charge is 0.296 e. The Morgan fingerprint density at radius 1 is 1.38 bits per heavy atom. The highest BCUT2D eigenvalue weighted by atomic mass is 79.9. The standard InChI is InChI=1S/C15H12BrFN4OS2/c1-8-14(23-2)24-15(18-8)19-13(22)12-11(16)7-21(20-12)10-5-3-9(17)4-6-10/h3-7H,1-2H3,(H,18,19,22). The summed E-state index contributed by atoms with van der Waals surface area (Å²) in [5.74, 6) is -0.684. The summed E-state index contributed by atoms with van der Waals surface area (Å²) < 4.78 is 16.1. The highest BCUT2D eigenvalue weighted by Crippen LogP contribution is 2.30. The Balaban J connectivity index is 1.83. The SMILES string of the molecule is CSc1sc(NC(=O)c2nn(-c3ccc(F)cc3)cc2Br)nc1C. The van der Waals surface area contributed by atoms with Gasteiger partial charge in [-0.2, -0.15) is 5.10 Å². The van der Waals surface area contributed by atoms with Crippen molar-refractivity contribution < 1.29 is 9.18 Å². The fraction of sp³-hybridized carbons (Fsp3) is 0.133. The molecule has 1 N–H and O–H groups in total. The first-order chi connectivity index (χ1) is 11.5. The number of aryl methyl sites for hydroxylation is 1. The molecule has 0 spiro atoms. The number of carbonyl (C=O) groups excluding carboxylic acids is 1. The van der Waals surface area contributed by atoms with Gasteiger partial charge in [-0.25, -0.2) is 14.1 Å². The molecule has 0 aliphatic heterocycles. The molecule has 2 heterocycles. The third-order valence-electron chi connectivity index (χ3n) is 3.14. The van der Waals surface area contributed by atoms with Gasteiger partial charge in [0.1, 0.15) is 5.82 Å². The zero-order valence-electron chi connectivity index (χ0n) is 12.7. The lowest BCUT2D eigenvalue weighted by atomic mass is 10.3. The van der Waals surface area contributed by atoms with E-state index in [-0.39, 0.29) is 17.4 Å². The molecule has 1 amide bonds. The van der Waals surface area contributed by atoms with E-state index in [1.54, 1.807) is 30.1 Å². The minimum atomic E-state index is -0.357. The summed E-state index contributed by atoms with van der Waals surface area (Å²) in [4.78, 5) is 16.8. The van der Waals surface area contributed by atoms with Crippen LogP contribution in [0.4, 0.5) is 9.52 Å². The third kappa shape index (κ3) is 3.52. The van der Waals surface area contributed by atoms with Crippen LogP contribution in [0.1, 0.15) is 16.2 Å². The van der Waals surface area contributed by atoms with Gasteiger partial charge in [-0.3, -0.25) is 10.1 Å². The second-order valence-corrected chi connectivity index (χ2v) is 7.73. The summed E-state index contributed by atoms with van der Waals surface area (Å²) in [6.07, 6.45) is 3.62. The molecule has 9 heteroatoms. The Morgan fingerprint density at radius 3 is 2.71 bits per heavy atom. The number of thioether (sulfide) groups is 1. The molecule has 124 valence electrons. The zero-order valence-corrected chi connectivity index (χ0v) is 15.9. The predicted molar refractivity (Wildman–Crippen MR) is 97.8 cm³/mol. The average molecular weight is 427 g/mol. The number of carbonyl (C=O) groups is 1. The van der Waals surface area contributed by atoms with E-state index in [0.717, 1.165) is 9.90 Å². The van der Waals surface area contributed by atoms with Crippen molar-refractivity contribution in [2.45, 2.75) is 11.1 Å². The molecule has 0 bridgehead atoms. The molecule has 2 aromatic heterocycles. The van der Waals surface area contributed by atoms with E-state index in [1.807, 2.05) is 13.2 Å². The first kappa shape index (κ1) is 17.1. The summed E-state index contributed by atoms with van der Waals surface area (Å²) in [5, 5.41) is 7.55. The molecule has 0 saturated carbocycles. The Morgan fingerprint density at radius 2 is 2.08 bits per heavy atom. The number of nitrogens with zero attached hydrogens (tertiary/aromatic N) is 3. The van der Waals surface area contributed by atoms with Gasteiger partial charge < -0.3 is 0 Å². The number of rotatable bonds is 4. The molecule has 0 aliphatic rings. The number of aromatic nitrogens is 3. The number of benzene rings is 1. The monoisotopic (exact) mass is 426 g/mol. The van der Waals surface area contributed by atoms with E-state index in [2.05, 4.69) is 31.3 Å². The van der Waals surface area contributed by atoms with Crippen LogP contribution >= 0.6 is 39.0 Å². The molecule has 0 aliphatic carbocycles. The van der Waals surface area contributed by atoms with Crippen LogP contribution in [0.25, 0.3) is 5.69 Å². The smallest absolute Gasteiger partial charge is 0.279 e. The molecule has 5 nitrogen and oxygen atoms in total. The van der Waals surface area contributed by atoms with Gasteiger partial charge in [-0.15, -0.1) is 11.8 Å². The van der Waals surface area contributed by atoms with Gasteiger partial charge in [0, 0.05) is 6.20 Å². The fourth-order valence-electron chi connectivity index (χ4n) is 2.01. The summed E-state index contributed by atoms with van der Waals surface area (Å²) in [6, 6.07) is 5.86. The van der Waals surface area contributed by atoms with Crippen LogP contribution in [0.2, 0.25) is 0 Å². The molecule has 0 fully saturated rings. The van der Waals surface area contributed by atoms with Crippen molar-refractivity contribution in [3.63, 3.8) is 0 Å². The average Bonchev–Trinajstić information content (AvgIpc) is 3.10. The van der Waals surface area contributed by atoms with E-state index in [9.17, 15) is 9.18 Å². The maximum Gasteiger partial charge on any atom is 0.279 e. The van der Waals surface area contributed by atoms with Crippen molar-refractivity contribution in [1.29, 1.82) is 0 Å². The van der Waals surface area contributed by atoms with Crippen LogP contribution in [-0.2, 0) is 0 Å². The molecule has 24 heavy (non-hydrogen) atoms. The lowest BCUT2D eigenvalue weighted by molar-refractivity contribution is 0.102. The molecule has 0 unspecified atom stereocenters. The number of nitrogens with one attached hydrogen (secondary N) is 1. The third-order valence-corrected chi connectivity index (χ3v) is 6.00. The number of amides is 1. The molecular formula is C15H12BrFN4OS2. The minimum Gasteiger partial charge on any atom is -0.296 e. The Kier molecular flexibility index (Phi) is 5.02. The van der Waals surface area contributed by atoms with Crippen molar-refractivity contribution in [2.75, 3.05) is 11.6 Å².